The molecule has 0 amide bonds. The van der Waals surface area contributed by atoms with Crippen molar-refractivity contribution in [2.75, 3.05) is 0 Å². The minimum atomic E-state index is -1.67. The molecular weight excluding hydrogens is 138 g/mol. The molecule has 0 spiro atoms. The summed E-state index contributed by atoms with van der Waals surface area (Å²) in [7, 11) is 0. The number of hydrogen-bond donors (Lipinski definition) is 1. The molecule has 5 heteroatoms. The van der Waals surface area contributed by atoms with Crippen LogP contribution in [0.25, 0.3) is 0 Å². The summed E-state index contributed by atoms with van der Waals surface area (Å²) < 4.78 is 0. The lowest BCUT2D eigenvalue weighted by Crippen LogP contribution is -2.29. The first-order valence-electron chi connectivity index (χ1n) is 2.48. The molecule has 10 heavy (non-hydrogen) atoms. The van der Waals surface area contributed by atoms with Crippen molar-refractivity contribution >= 4 is 5.97 Å². The molecule has 0 aliphatic carbocycles. The number of carboxylic acids is 1. The highest BCUT2D eigenvalue weighted by Gasteiger charge is 2.29. The Bertz CT molecular complexity index is 153. The largest absolute Gasteiger partial charge is 0.476 e. The molecule has 0 aromatic heterocycles. The van der Waals surface area contributed by atoms with Gasteiger partial charge < -0.3 is 5.11 Å². The van der Waals surface area contributed by atoms with Gasteiger partial charge in [0.1, 0.15) is 0 Å². The third-order valence-corrected chi connectivity index (χ3v) is 0.912. The molecule has 1 unspecified atom stereocenters. The van der Waals surface area contributed by atoms with Gasteiger partial charge in [0.15, 0.2) is 0 Å². The number of carboxylic acid groups (broad SMARTS) is 1. The van der Waals surface area contributed by atoms with Crippen molar-refractivity contribution in [2.45, 2.75) is 13.0 Å². The normalized spacial score (nSPS) is 12.1. The maximum absolute atomic E-state index is 10.1. The van der Waals surface area contributed by atoms with Crippen LogP contribution in [0.15, 0.2) is 12.2 Å². The van der Waals surface area contributed by atoms with E-state index in [1.807, 2.05) is 0 Å². The van der Waals surface area contributed by atoms with Gasteiger partial charge in [-0.3, -0.25) is 10.1 Å². The van der Waals surface area contributed by atoms with Crippen LogP contribution in [0.1, 0.15) is 6.92 Å². The molecule has 0 aliphatic heterocycles. The summed E-state index contributed by atoms with van der Waals surface area (Å²) in [4.78, 5) is 19.1. The Morgan fingerprint density at radius 1 is 1.80 bits per heavy atom. The highest BCUT2D eigenvalue weighted by molar-refractivity contribution is 5.75. The van der Waals surface area contributed by atoms with E-state index in [9.17, 15) is 14.9 Å². The summed E-state index contributed by atoms with van der Waals surface area (Å²) in [5.41, 5.74) is 0.0255. The van der Waals surface area contributed by atoms with Crippen molar-refractivity contribution < 1.29 is 14.8 Å². The molecule has 0 radical (unpaired) electrons. The van der Waals surface area contributed by atoms with Gasteiger partial charge in [-0.25, -0.2) is 4.79 Å². The van der Waals surface area contributed by atoms with Gasteiger partial charge in [-0.05, 0) is 6.92 Å². The number of aliphatic carboxylic acids is 1. The molecule has 0 fully saturated rings. The third kappa shape index (κ3) is 1.85. The lowest BCUT2D eigenvalue weighted by atomic mass is 10.2. The van der Waals surface area contributed by atoms with E-state index in [4.69, 9.17) is 5.11 Å². The Balaban J connectivity index is 4.43. The Hall–Kier alpha value is -1.39. The standard InChI is InChI=1S/C5H7NO4/c1-3(2)4(5(7)8)6(9)10/h4H,1H2,2H3,(H,7,8). The first-order chi connectivity index (χ1) is 4.46. The maximum Gasteiger partial charge on any atom is 0.383 e. The van der Waals surface area contributed by atoms with Crippen LogP contribution in [0.2, 0.25) is 0 Å². The van der Waals surface area contributed by atoms with Gasteiger partial charge in [-0.1, -0.05) is 6.58 Å². The van der Waals surface area contributed by atoms with E-state index in [0.717, 1.165) is 0 Å². The fraction of sp³-hybridized carbons (Fsp3) is 0.400. The molecule has 0 aromatic rings. The second-order valence-corrected chi connectivity index (χ2v) is 1.87. The third-order valence-electron chi connectivity index (χ3n) is 0.912. The second-order valence-electron chi connectivity index (χ2n) is 1.87. The summed E-state index contributed by atoms with van der Waals surface area (Å²) >= 11 is 0. The monoisotopic (exact) mass is 145 g/mol. The number of nitro groups is 1. The van der Waals surface area contributed by atoms with Crippen molar-refractivity contribution in [1.82, 2.24) is 0 Å². The molecule has 0 saturated carbocycles. The van der Waals surface area contributed by atoms with Crippen molar-refractivity contribution in [3.63, 3.8) is 0 Å². The van der Waals surface area contributed by atoms with E-state index in [1.54, 1.807) is 0 Å². The SMILES string of the molecule is C=C(C)C(C(=O)O)[N+](=O)[O-]. The zero-order valence-electron chi connectivity index (χ0n) is 5.40. The second kappa shape index (κ2) is 2.95. The van der Waals surface area contributed by atoms with Crippen LogP contribution in [0, 0.1) is 10.1 Å². The Kier molecular flexibility index (Phi) is 2.54. The summed E-state index contributed by atoms with van der Waals surface area (Å²) in [6, 6.07) is -1.67. The molecule has 0 heterocycles. The van der Waals surface area contributed by atoms with Crippen LogP contribution in [0.3, 0.4) is 0 Å². The number of hydrogen-bond acceptors (Lipinski definition) is 3. The topological polar surface area (TPSA) is 80.4 Å². The average molecular weight is 145 g/mol. The van der Waals surface area contributed by atoms with Crippen LogP contribution in [0.4, 0.5) is 0 Å². The zero-order valence-corrected chi connectivity index (χ0v) is 5.40. The maximum atomic E-state index is 10.1. The average Bonchev–Trinajstić information content (AvgIpc) is 1.59. The van der Waals surface area contributed by atoms with Crippen LogP contribution in [0.5, 0.6) is 0 Å². The minimum Gasteiger partial charge on any atom is -0.476 e. The number of nitrogens with zero attached hydrogens (tertiary/aromatic N) is 1. The minimum absolute atomic E-state index is 0.0255. The van der Waals surface area contributed by atoms with Crippen LogP contribution < -0.4 is 0 Å². The molecule has 0 aromatic carbocycles. The van der Waals surface area contributed by atoms with Crippen LogP contribution >= 0.6 is 0 Å². The number of carbonyl (C=O) groups is 1. The predicted molar refractivity (Wildman–Crippen MR) is 33.2 cm³/mol. The van der Waals surface area contributed by atoms with Crippen LogP contribution in [-0.2, 0) is 4.79 Å². The first kappa shape index (κ1) is 8.61. The summed E-state index contributed by atoms with van der Waals surface area (Å²) in [5.74, 6) is -1.47. The molecule has 1 N–H and O–H groups in total. The van der Waals surface area contributed by atoms with E-state index in [2.05, 4.69) is 6.58 Å². The fourth-order valence-electron chi connectivity index (χ4n) is 0.481. The van der Waals surface area contributed by atoms with Crippen LogP contribution in [-0.4, -0.2) is 22.0 Å². The number of rotatable bonds is 3. The molecule has 0 aliphatic rings. The Labute approximate surface area is 57.1 Å². The lowest BCUT2D eigenvalue weighted by Gasteiger charge is -2.01. The summed E-state index contributed by atoms with van der Waals surface area (Å²) in [5, 5.41) is 18.2. The highest BCUT2D eigenvalue weighted by atomic mass is 16.6. The smallest absolute Gasteiger partial charge is 0.383 e. The van der Waals surface area contributed by atoms with Crippen molar-refractivity contribution in [1.29, 1.82) is 0 Å². The molecule has 5 nitrogen and oxygen atoms in total. The van der Waals surface area contributed by atoms with Gasteiger partial charge in [0.25, 0.3) is 0 Å². The lowest BCUT2D eigenvalue weighted by molar-refractivity contribution is -0.500. The van der Waals surface area contributed by atoms with E-state index in [1.165, 1.54) is 6.92 Å². The van der Waals surface area contributed by atoms with E-state index >= 15 is 0 Å². The first-order valence-corrected chi connectivity index (χ1v) is 2.48. The molecule has 0 bridgehead atoms. The molecular formula is C5H7NO4. The van der Waals surface area contributed by atoms with Gasteiger partial charge in [-0.15, -0.1) is 0 Å². The van der Waals surface area contributed by atoms with Gasteiger partial charge >= 0.3 is 12.0 Å². The summed E-state index contributed by atoms with van der Waals surface area (Å²) in [6.45, 7) is 4.48. The predicted octanol–water partition coefficient (Wildman–Crippen LogP) is 0.292. The van der Waals surface area contributed by atoms with Crippen molar-refractivity contribution in [3.8, 4) is 0 Å². The molecule has 1 atom stereocenters. The molecule has 0 rings (SSSR count). The quantitative estimate of drug-likeness (QED) is 0.351. The molecule has 56 valence electrons. The highest BCUT2D eigenvalue weighted by Crippen LogP contribution is 2.01. The van der Waals surface area contributed by atoms with E-state index in [0.29, 0.717) is 0 Å². The van der Waals surface area contributed by atoms with Gasteiger partial charge in [0.05, 0.1) is 0 Å². The zero-order chi connectivity index (χ0) is 8.31. The van der Waals surface area contributed by atoms with E-state index < -0.39 is 16.9 Å². The summed E-state index contributed by atoms with van der Waals surface area (Å²) in [6.07, 6.45) is 0. The van der Waals surface area contributed by atoms with Gasteiger partial charge in [-0.2, -0.15) is 0 Å². The fourth-order valence-corrected chi connectivity index (χ4v) is 0.481. The van der Waals surface area contributed by atoms with Crippen molar-refractivity contribution in [2.24, 2.45) is 0 Å². The molecule has 0 saturated heterocycles. The Morgan fingerprint density at radius 3 is 2.20 bits per heavy atom. The Morgan fingerprint density at radius 2 is 2.20 bits per heavy atom. The van der Waals surface area contributed by atoms with E-state index in [-0.39, 0.29) is 5.57 Å². The van der Waals surface area contributed by atoms with Crippen molar-refractivity contribution in [3.05, 3.63) is 22.3 Å². The van der Waals surface area contributed by atoms with Gasteiger partial charge in [0.2, 0.25) is 0 Å². The van der Waals surface area contributed by atoms with Gasteiger partial charge in [0, 0.05) is 10.5 Å².